The fourth-order valence-electron chi connectivity index (χ4n) is 2.15. The lowest BCUT2D eigenvalue weighted by Crippen LogP contribution is -2.23. The number of aliphatic carboxylic acids is 1. The summed E-state index contributed by atoms with van der Waals surface area (Å²) < 4.78 is 1.56. The molecule has 17 heavy (non-hydrogen) atoms. The van der Waals surface area contributed by atoms with Crippen molar-refractivity contribution in [2.24, 2.45) is 5.92 Å². The first-order valence-electron chi connectivity index (χ1n) is 5.79. The number of carboxylic acids is 1. The number of carbonyl (C=O) groups excluding carboxylic acids is 1. The van der Waals surface area contributed by atoms with Gasteiger partial charge in [-0.05, 0) is 25.0 Å². The second-order valence-corrected chi connectivity index (χ2v) is 4.40. The molecule has 2 heterocycles. The standard InChI is InChI=1S/C12H16N2O3/c15-11(14-5-1-2-6-14)4-3-10-7-9(8-13-10)12(16)17/h1-2,5-6,9-10,13H,3-4,7-8H2,(H,16,17). The molecule has 5 nitrogen and oxygen atoms in total. The molecule has 0 aromatic carbocycles. The van der Waals surface area contributed by atoms with E-state index >= 15 is 0 Å². The van der Waals surface area contributed by atoms with E-state index in [-0.39, 0.29) is 17.9 Å². The Kier molecular flexibility index (Phi) is 3.58. The van der Waals surface area contributed by atoms with E-state index in [0.717, 1.165) is 0 Å². The van der Waals surface area contributed by atoms with E-state index in [1.54, 1.807) is 17.0 Å². The van der Waals surface area contributed by atoms with Gasteiger partial charge in [0.15, 0.2) is 0 Å². The van der Waals surface area contributed by atoms with Gasteiger partial charge in [-0.25, -0.2) is 0 Å². The van der Waals surface area contributed by atoms with Gasteiger partial charge in [-0.2, -0.15) is 0 Å². The van der Waals surface area contributed by atoms with Gasteiger partial charge >= 0.3 is 5.97 Å². The minimum absolute atomic E-state index is 0.0515. The summed E-state index contributed by atoms with van der Waals surface area (Å²) in [6.07, 6.45) is 5.21. The summed E-state index contributed by atoms with van der Waals surface area (Å²) in [5.74, 6) is -1.01. The average Bonchev–Trinajstić information content (AvgIpc) is 2.97. The summed E-state index contributed by atoms with van der Waals surface area (Å²) >= 11 is 0. The monoisotopic (exact) mass is 236 g/mol. The Balaban J connectivity index is 1.76. The van der Waals surface area contributed by atoms with Crippen LogP contribution < -0.4 is 5.32 Å². The molecule has 2 N–H and O–H groups in total. The summed E-state index contributed by atoms with van der Waals surface area (Å²) in [6, 6.07) is 3.77. The molecule has 2 rings (SSSR count). The van der Waals surface area contributed by atoms with Crippen LogP contribution in [0, 0.1) is 5.92 Å². The summed E-state index contributed by atoms with van der Waals surface area (Å²) in [5, 5.41) is 12.0. The number of aromatic nitrogens is 1. The molecule has 1 aromatic rings. The molecular formula is C12H16N2O3. The van der Waals surface area contributed by atoms with Gasteiger partial charge in [0.05, 0.1) is 5.92 Å². The van der Waals surface area contributed by atoms with Crippen molar-refractivity contribution in [1.82, 2.24) is 9.88 Å². The quantitative estimate of drug-likeness (QED) is 0.817. The lowest BCUT2D eigenvalue weighted by atomic mass is 10.0. The van der Waals surface area contributed by atoms with Crippen LogP contribution in [-0.4, -0.2) is 34.1 Å². The number of carboxylic acid groups (broad SMARTS) is 1. The van der Waals surface area contributed by atoms with Crippen LogP contribution in [0.15, 0.2) is 24.5 Å². The SMILES string of the molecule is O=C(O)C1CNC(CCC(=O)n2cccc2)C1. The van der Waals surface area contributed by atoms with Crippen LogP contribution in [0.3, 0.4) is 0 Å². The van der Waals surface area contributed by atoms with Crippen molar-refractivity contribution in [2.75, 3.05) is 6.54 Å². The highest BCUT2D eigenvalue weighted by Gasteiger charge is 2.29. The highest BCUT2D eigenvalue weighted by Crippen LogP contribution is 2.18. The minimum atomic E-state index is -0.753. The largest absolute Gasteiger partial charge is 0.481 e. The molecule has 0 spiro atoms. The molecule has 0 radical (unpaired) electrons. The summed E-state index contributed by atoms with van der Waals surface area (Å²) in [4.78, 5) is 22.5. The average molecular weight is 236 g/mol. The Morgan fingerprint density at radius 3 is 2.65 bits per heavy atom. The Bertz CT molecular complexity index is 400. The Morgan fingerprint density at radius 2 is 2.06 bits per heavy atom. The molecule has 0 aliphatic carbocycles. The van der Waals surface area contributed by atoms with Crippen molar-refractivity contribution in [2.45, 2.75) is 25.3 Å². The topological polar surface area (TPSA) is 71.3 Å². The summed E-state index contributed by atoms with van der Waals surface area (Å²) in [6.45, 7) is 0.512. The molecule has 92 valence electrons. The van der Waals surface area contributed by atoms with Gasteiger partial charge < -0.3 is 10.4 Å². The molecule has 2 unspecified atom stereocenters. The molecule has 1 aromatic heterocycles. The van der Waals surface area contributed by atoms with E-state index in [9.17, 15) is 9.59 Å². The third-order valence-corrected chi connectivity index (χ3v) is 3.17. The van der Waals surface area contributed by atoms with Crippen molar-refractivity contribution < 1.29 is 14.7 Å². The van der Waals surface area contributed by atoms with Crippen LogP contribution >= 0.6 is 0 Å². The van der Waals surface area contributed by atoms with Gasteiger partial charge in [0.1, 0.15) is 0 Å². The molecule has 1 aliphatic heterocycles. The third-order valence-electron chi connectivity index (χ3n) is 3.17. The van der Waals surface area contributed by atoms with Crippen molar-refractivity contribution in [3.63, 3.8) is 0 Å². The molecular weight excluding hydrogens is 220 g/mol. The molecule has 0 bridgehead atoms. The number of rotatable bonds is 4. The Morgan fingerprint density at radius 1 is 1.35 bits per heavy atom. The smallest absolute Gasteiger partial charge is 0.307 e. The zero-order valence-corrected chi connectivity index (χ0v) is 9.50. The van der Waals surface area contributed by atoms with Gasteiger partial charge in [0.2, 0.25) is 5.91 Å². The normalized spacial score (nSPS) is 23.8. The van der Waals surface area contributed by atoms with Crippen LogP contribution in [0.25, 0.3) is 0 Å². The van der Waals surface area contributed by atoms with Gasteiger partial charge in [0, 0.05) is 31.4 Å². The maximum absolute atomic E-state index is 11.7. The first-order valence-corrected chi connectivity index (χ1v) is 5.79. The predicted octanol–water partition coefficient (Wildman–Crippen LogP) is 0.971. The fourth-order valence-corrected chi connectivity index (χ4v) is 2.15. The first-order chi connectivity index (χ1) is 8.16. The molecule has 1 fully saturated rings. The predicted molar refractivity (Wildman–Crippen MR) is 61.8 cm³/mol. The van der Waals surface area contributed by atoms with Crippen molar-refractivity contribution in [3.8, 4) is 0 Å². The van der Waals surface area contributed by atoms with Crippen molar-refractivity contribution in [1.29, 1.82) is 0 Å². The van der Waals surface area contributed by atoms with Crippen LogP contribution in [0.4, 0.5) is 0 Å². The first kappa shape index (κ1) is 11.9. The van der Waals surface area contributed by atoms with E-state index in [2.05, 4.69) is 5.32 Å². The molecule has 2 atom stereocenters. The minimum Gasteiger partial charge on any atom is -0.481 e. The zero-order chi connectivity index (χ0) is 12.3. The van der Waals surface area contributed by atoms with E-state index < -0.39 is 5.97 Å². The maximum Gasteiger partial charge on any atom is 0.307 e. The number of carbonyl (C=O) groups is 2. The highest BCUT2D eigenvalue weighted by atomic mass is 16.4. The van der Waals surface area contributed by atoms with Crippen LogP contribution in [0.5, 0.6) is 0 Å². The maximum atomic E-state index is 11.7. The second-order valence-electron chi connectivity index (χ2n) is 4.40. The Labute approximate surface area is 99.4 Å². The van der Waals surface area contributed by atoms with Crippen LogP contribution in [-0.2, 0) is 4.79 Å². The number of nitrogens with one attached hydrogen (secondary N) is 1. The highest BCUT2D eigenvalue weighted by molar-refractivity contribution is 5.78. The lowest BCUT2D eigenvalue weighted by Gasteiger charge is -2.09. The molecule has 0 saturated carbocycles. The van der Waals surface area contributed by atoms with Crippen LogP contribution in [0.2, 0.25) is 0 Å². The third kappa shape index (κ3) is 2.94. The molecule has 5 heteroatoms. The van der Waals surface area contributed by atoms with E-state index in [1.807, 2.05) is 12.1 Å². The Hall–Kier alpha value is -1.62. The summed E-state index contributed by atoms with van der Waals surface area (Å²) in [7, 11) is 0. The number of hydrogen-bond donors (Lipinski definition) is 2. The number of hydrogen-bond acceptors (Lipinski definition) is 3. The molecule has 1 aliphatic rings. The molecule has 1 saturated heterocycles. The number of nitrogens with zero attached hydrogens (tertiary/aromatic N) is 1. The van der Waals surface area contributed by atoms with E-state index in [4.69, 9.17) is 5.11 Å². The van der Waals surface area contributed by atoms with E-state index in [1.165, 1.54) is 0 Å². The van der Waals surface area contributed by atoms with Crippen LogP contribution in [0.1, 0.15) is 24.1 Å². The second kappa shape index (κ2) is 5.14. The van der Waals surface area contributed by atoms with Gasteiger partial charge in [0.25, 0.3) is 0 Å². The van der Waals surface area contributed by atoms with Crippen molar-refractivity contribution >= 4 is 11.9 Å². The molecule has 0 amide bonds. The van der Waals surface area contributed by atoms with Gasteiger partial charge in [-0.1, -0.05) is 0 Å². The fraction of sp³-hybridized carbons (Fsp3) is 0.500. The van der Waals surface area contributed by atoms with Crippen molar-refractivity contribution in [3.05, 3.63) is 24.5 Å². The van der Waals surface area contributed by atoms with Gasteiger partial charge in [-0.3, -0.25) is 14.2 Å². The van der Waals surface area contributed by atoms with Gasteiger partial charge in [-0.15, -0.1) is 0 Å². The van der Waals surface area contributed by atoms with E-state index in [0.29, 0.717) is 25.8 Å². The summed E-state index contributed by atoms with van der Waals surface area (Å²) in [5.41, 5.74) is 0. The zero-order valence-electron chi connectivity index (χ0n) is 9.50. The lowest BCUT2D eigenvalue weighted by molar-refractivity contribution is -0.141.